The first-order valence-corrected chi connectivity index (χ1v) is 31.2. The minimum atomic E-state index is -1.92. The molecule has 6 atom stereocenters. The SMILES string of the molecule is CC/C=C\C/C=C\C/C=C\C/C=C\CCCCCCC(=O)OCC(COC1OC(C(=O)O)C(O)C(O)C1OC(=O)CCCCCCCCCCC/C=C\CCCCCCCC)OC(=O)CCCCC/C=C\C/C=C\C/C=C\CC. The monoisotopic (exact) mass is 1110 g/mol. The molecule has 6 unspecified atom stereocenters. The van der Waals surface area contributed by atoms with Gasteiger partial charge >= 0.3 is 23.9 Å². The molecule has 0 spiro atoms. The van der Waals surface area contributed by atoms with Crippen molar-refractivity contribution in [3.05, 3.63) is 97.2 Å². The van der Waals surface area contributed by atoms with Crippen LogP contribution < -0.4 is 0 Å². The number of aliphatic hydroxyl groups is 2. The smallest absolute Gasteiger partial charge is 0.335 e. The molecule has 450 valence electrons. The fourth-order valence-corrected chi connectivity index (χ4v) is 8.90. The number of allylic oxidation sites excluding steroid dienone is 16. The fourth-order valence-electron chi connectivity index (χ4n) is 8.90. The zero-order valence-corrected chi connectivity index (χ0v) is 49.6. The van der Waals surface area contributed by atoms with Crippen LogP contribution in [-0.4, -0.2) is 89.2 Å². The predicted molar refractivity (Wildman–Crippen MR) is 321 cm³/mol. The van der Waals surface area contributed by atoms with Crippen molar-refractivity contribution in [2.45, 2.75) is 289 Å². The highest BCUT2D eigenvalue weighted by molar-refractivity contribution is 5.74. The average molecular weight is 1110 g/mol. The summed E-state index contributed by atoms with van der Waals surface area (Å²) in [5, 5.41) is 31.5. The van der Waals surface area contributed by atoms with Gasteiger partial charge in [0.05, 0.1) is 6.61 Å². The minimum absolute atomic E-state index is 0.0487. The lowest BCUT2D eigenvalue weighted by atomic mass is 9.98. The van der Waals surface area contributed by atoms with Crippen molar-refractivity contribution in [1.29, 1.82) is 0 Å². The molecule has 1 saturated heterocycles. The number of carbonyl (C=O) groups is 4. The van der Waals surface area contributed by atoms with E-state index in [-0.39, 0.29) is 25.9 Å². The van der Waals surface area contributed by atoms with Crippen molar-refractivity contribution in [2.75, 3.05) is 13.2 Å². The Balaban J connectivity index is 2.68. The molecule has 1 aliphatic heterocycles. The molecule has 1 fully saturated rings. The van der Waals surface area contributed by atoms with Crippen molar-refractivity contribution in [3.8, 4) is 0 Å². The second kappa shape index (κ2) is 54.2. The van der Waals surface area contributed by atoms with Gasteiger partial charge in [-0.3, -0.25) is 14.4 Å². The molecule has 0 bridgehead atoms. The van der Waals surface area contributed by atoms with Crippen LogP contribution in [0.15, 0.2) is 97.2 Å². The Labute approximate surface area is 479 Å². The van der Waals surface area contributed by atoms with Crippen molar-refractivity contribution < 1.29 is 58.2 Å². The standard InChI is InChI=1S/C67H110O12/c1-4-7-10-13-16-19-22-25-27-29-30-32-34-37-40-43-46-49-52-55-61(70)78-65-63(72)62(71)64(66(73)74)79-67(65)76-57-58(77-60(69)54-51-48-45-42-39-35-24-21-18-15-12-9-6-3)56-75-59(68)53-50-47-44-41-38-36-33-31-28-26-23-20-17-14-11-8-5-2/h8-9,11-12,17-18,20-21,25-28,33,35-36,39,58,62-65,67,71-72H,4-7,10,13-16,19,22-24,29-32,34,37-38,40-57H2,1-3H3,(H,73,74)/b11-8-,12-9-,20-17-,21-18-,27-25-,28-26-,36-33-,39-35-. The van der Waals surface area contributed by atoms with Crippen LogP contribution in [0.1, 0.15) is 252 Å². The van der Waals surface area contributed by atoms with Crippen LogP contribution in [0.5, 0.6) is 0 Å². The van der Waals surface area contributed by atoms with Crippen LogP contribution in [0.2, 0.25) is 0 Å². The number of rotatable bonds is 52. The molecule has 0 aromatic carbocycles. The summed E-state index contributed by atoms with van der Waals surface area (Å²) in [5.41, 5.74) is 0. The largest absolute Gasteiger partial charge is 0.479 e. The van der Waals surface area contributed by atoms with Gasteiger partial charge in [-0.1, -0.05) is 214 Å². The first kappa shape index (κ1) is 72.7. The number of unbranched alkanes of at least 4 members (excludes halogenated alkanes) is 22. The van der Waals surface area contributed by atoms with E-state index in [9.17, 15) is 34.5 Å². The van der Waals surface area contributed by atoms with Gasteiger partial charge in [0.1, 0.15) is 18.8 Å². The first-order valence-electron chi connectivity index (χ1n) is 31.2. The molecule has 1 aliphatic rings. The lowest BCUT2D eigenvalue weighted by Gasteiger charge is -2.40. The average Bonchev–Trinajstić information content (AvgIpc) is 3.47. The van der Waals surface area contributed by atoms with Gasteiger partial charge in [-0.15, -0.1) is 0 Å². The second-order valence-electron chi connectivity index (χ2n) is 20.9. The summed E-state index contributed by atoms with van der Waals surface area (Å²) < 4.78 is 28.4. The van der Waals surface area contributed by atoms with Gasteiger partial charge in [-0.2, -0.15) is 0 Å². The number of ether oxygens (including phenoxy) is 5. The number of aliphatic carboxylic acids is 1. The first-order chi connectivity index (χ1) is 38.6. The van der Waals surface area contributed by atoms with Crippen LogP contribution in [0.4, 0.5) is 0 Å². The van der Waals surface area contributed by atoms with Crippen LogP contribution >= 0.6 is 0 Å². The lowest BCUT2D eigenvalue weighted by molar-refractivity contribution is -0.301. The minimum Gasteiger partial charge on any atom is -0.479 e. The number of hydrogen-bond donors (Lipinski definition) is 3. The molecule has 0 amide bonds. The van der Waals surface area contributed by atoms with Crippen molar-refractivity contribution in [1.82, 2.24) is 0 Å². The third-order valence-electron chi connectivity index (χ3n) is 13.6. The summed E-state index contributed by atoms with van der Waals surface area (Å²) in [4.78, 5) is 51.2. The third-order valence-corrected chi connectivity index (χ3v) is 13.6. The number of carboxylic acids is 1. The molecular weight excluding hydrogens is 997 g/mol. The van der Waals surface area contributed by atoms with E-state index in [2.05, 4.69) is 118 Å². The van der Waals surface area contributed by atoms with Crippen molar-refractivity contribution in [2.24, 2.45) is 0 Å². The Hall–Kier alpha value is -4.36. The van der Waals surface area contributed by atoms with Crippen LogP contribution in [-0.2, 0) is 42.9 Å². The van der Waals surface area contributed by atoms with Crippen LogP contribution in [0.3, 0.4) is 0 Å². The highest BCUT2D eigenvalue weighted by Crippen LogP contribution is 2.26. The number of carboxylic acid groups (broad SMARTS) is 1. The van der Waals surface area contributed by atoms with E-state index in [0.717, 1.165) is 122 Å². The fraction of sp³-hybridized carbons (Fsp3) is 0.701. The second-order valence-corrected chi connectivity index (χ2v) is 20.9. The van der Waals surface area contributed by atoms with E-state index in [1.54, 1.807) is 0 Å². The highest BCUT2D eigenvalue weighted by atomic mass is 16.7. The van der Waals surface area contributed by atoms with Gasteiger partial charge in [-0.05, 0) is 116 Å². The van der Waals surface area contributed by atoms with E-state index in [1.165, 1.54) is 70.6 Å². The Morgan fingerprint density at radius 3 is 1.24 bits per heavy atom. The van der Waals surface area contributed by atoms with Gasteiger partial charge in [0.2, 0.25) is 0 Å². The number of carbonyl (C=O) groups excluding carboxylic acids is 3. The summed E-state index contributed by atoms with van der Waals surface area (Å²) in [5.74, 6) is -3.20. The van der Waals surface area contributed by atoms with Gasteiger partial charge in [0, 0.05) is 19.3 Å². The summed E-state index contributed by atoms with van der Waals surface area (Å²) >= 11 is 0. The maximum Gasteiger partial charge on any atom is 0.335 e. The molecule has 0 aromatic heterocycles. The quantitative estimate of drug-likeness (QED) is 0.0228. The molecule has 0 aliphatic carbocycles. The van der Waals surface area contributed by atoms with Gasteiger partial charge < -0.3 is 39.0 Å². The molecule has 1 heterocycles. The number of hydrogen-bond acceptors (Lipinski definition) is 11. The molecular formula is C67H110O12. The topological polar surface area (TPSA) is 175 Å². The predicted octanol–water partition coefficient (Wildman–Crippen LogP) is 16.5. The van der Waals surface area contributed by atoms with Gasteiger partial charge in [-0.25, -0.2) is 4.79 Å². The molecule has 12 heteroatoms. The summed E-state index contributed by atoms with van der Waals surface area (Å²) in [7, 11) is 0. The van der Waals surface area contributed by atoms with E-state index in [4.69, 9.17) is 23.7 Å². The zero-order chi connectivity index (χ0) is 57.5. The normalized spacial score (nSPS) is 18.5. The van der Waals surface area contributed by atoms with Crippen LogP contribution in [0.25, 0.3) is 0 Å². The highest BCUT2D eigenvalue weighted by Gasteiger charge is 2.50. The zero-order valence-electron chi connectivity index (χ0n) is 49.6. The van der Waals surface area contributed by atoms with Crippen molar-refractivity contribution in [3.63, 3.8) is 0 Å². The molecule has 0 aromatic rings. The van der Waals surface area contributed by atoms with E-state index in [1.807, 2.05) is 0 Å². The van der Waals surface area contributed by atoms with E-state index >= 15 is 0 Å². The number of esters is 3. The molecule has 79 heavy (non-hydrogen) atoms. The van der Waals surface area contributed by atoms with Gasteiger partial charge in [0.15, 0.2) is 24.6 Å². The van der Waals surface area contributed by atoms with Gasteiger partial charge in [0.25, 0.3) is 0 Å². The Bertz CT molecular complexity index is 1740. The summed E-state index contributed by atoms with van der Waals surface area (Å²) in [6.45, 7) is 5.72. The molecule has 0 radical (unpaired) electrons. The summed E-state index contributed by atoms with van der Waals surface area (Å²) in [6.07, 6.45) is 59.5. The maximum atomic E-state index is 13.1. The van der Waals surface area contributed by atoms with Crippen LogP contribution in [0, 0.1) is 0 Å². The third kappa shape index (κ3) is 44.0. The molecule has 1 rings (SSSR count). The Morgan fingerprint density at radius 1 is 0.430 bits per heavy atom. The molecule has 3 N–H and O–H groups in total. The lowest BCUT2D eigenvalue weighted by Crippen LogP contribution is -2.61. The Kier molecular flexibility index (Phi) is 49.9. The van der Waals surface area contributed by atoms with Crippen molar-refractivity contribution >= 4 is 23.9 Å². The molecule has 0 saturated carbocycles. The maximum absolute atomic E-state index is 13.1. The van der Waals surface area contributed by atoms with E-state index < -0.39 is 67.3 Å². The number of aliphatic hydroxyl groups excluding tert-OH is 2. The van der Waals surface area contributed by atoms with E-state index in [0.29, 0.717) is 19.3 Å². The summed E-state index contributed by atoms with van der Waals surface area (Å²) in [6, 6.07) is 0. The Morgan fingerprint density at radius 2 is 0.797 bits per heavy atom. The molecule has 12 nitrogen and oxygen atoms in total.